The van der Waals surface area contributed by atoms with Crippen molar-refractivity contribution in [2.24, 2.45) is 11.7 Å². The van der Waals surface area contributed by atoms with E-state index in [-0.39, 0.29) is 18.8 Å². The summed E-state index contributed by atoms with van der Waals surface area (Å²) < 4.78 is 0. The predicted octanol–water partition coefficient (Wildman–Crippen LogP) is -1.64. The smallest absolute Gasteiger partial charge is 0.326 e. The molecule has 13 nitrogen and oxygen atoms in total. The highest BCUT2D eigenvalue weighted by Gasteiger charge is 2.31. The maximum absolute atomic E-state index is 12.9. The molecule has 3 amide bonds. The third kappa shape index (κ3) is 9.12. The number of amides is 3. The van der Waals surface area contributed by atoms with Crippen LogP contribution in [0.4, 0.5) is 0 Å². The molecular weight excluding hydrogens is 424 g/mol. The minimum Gasteiger partial charge on any atom is -0.481 e. The van der Waals surface area contributed by atoms with Gasteiger partial charge < -0.3 is 36.9 Å². The van der Waals surface area contributed by atoms with E-state index in [0.717, 1.165) is 0 Å². The van der Waals surface area contributed by atoms with Gasteiger partial charge in [-0.25, -0.2) is 9.78 Å². The number of carbonyl (C=O) groups excluding carboxylic acids is 3. The number of H-pyrrole nitrogens is 1. The van der Waals surface area contributed by atoms with Crippen molar-refractivity contribution in [3.05, 3.63) is 18.2 Å². The molecule has 1 rings (SSSR count). The first-order chi connectivity index (χ1) is 14.9. The van der Waals surface area contributed by atoms with E-state index < -0.39 is 60.2 Å². The topological polar surface area (TPSA) is 217 Å². The molecule has 0 aliphatic heterocycles. The van der Waals surface area contributed by atoms with Gasteiger partial charge in [-0.3, -0.25) is 19.2 Å². The first-order valence-corrected chi connectivity index (χ1v) is 9.99. The molecule has 32 heavy (non-hydrogen) atoms. The van der Waals surface area contributed by atoms with Crippen molar-refractivity contribution in [1.82, 2.24) is 25.9 Å². The number of aromatic amines is 1. The number of imidazole rings is 1. The van der Waals surface area contributed by atoms with Gasteiger partial charge in [0.25, 0.3) is 0 Å². The summed E-state index contributed by atoms with van der Waals surface area (Å²) in [6.45, 7) is 5.15. The van der Waals surface area contributed by atoms with Crippen molar-refractivity contribution in [2.45, 2.75) is 64.2 Å². The largest absolute Gasteiger partial charge is 0.481 e. The van der Waals surface area contributed by atoms with Gasteiger partial charge in [0.2, 0.25) is 17.7 Å². The van der Waals surface area contributed by atoms with Crippen molar-refractivity contribution in [3.8, 4) is 0 Å². The van der Waals surface area contributed by atoms with Crippen molar-refractivity contribution in [2.75, 3.05) is 0 Å². The van der Waals surface area contributed by atoms with Gasteiger partial charge in [0.1, 0.15) is 18.1 Å². The average Bonchev–Trinajstić information content (AvgIpc) is 3.18. The highest BCUT2D eigenvalue weighted by molar-refractivity contribution is 5.94. The van der Waals surface area contributed by atoms with Gasteiger partial charge >= 0.3 is 11.9 Å². The molecule has 0 saturated carbocycles. The van der Waals surface area contributed by atoms with Crippen molar-refractivity contribution in [3.63, 3.8) is 0 Å². The zero-order valence-corrected chi connectivity index (χ0v) is 18.1. The minimum absolute atomic E-state index is 0.0194. The number of nitrogens with two attached hydrogens (primary N) is 1. The SMILES string of the molecule is CC(C)CC(NC(=O)C(C)N)C(=O)NC(Cc1cnc[nH]1)C(=O)NC(CC(=O)O)C(=O)O. The second-order valence-corrected chi connectivity index (χ2v) is 7.82. The molecule has 0 saturated heterocycles. The van der Waals surface area contributed by atoms with Gasteiger partial charge in [-0.1, -0.05) is 13.8 Å². The summed E-state index contributed by atoms with van der Waals surface area (Å²) in [5.41, 5.74) is 6.02. The summed E-state index contributed by atoms with van der Waals surface area (Å²) in [5, 5.41) is 25.2. The first kappa shape index (κ1) is 26.6. The molecule has 1 aromatic heterocycles. The Labute approximate surface area is 184 Å². The zero-order chi connectivity index (χ0) is 24.4. The Hall–Kier alpha value is -3.48. The molecule has 0 aliphatic carbocycles. The molecule has 8 N–H and O–H groups in total. The number of carbonyl (C=O) groups is 5. The molecule has 4 atom stereocenters. The highest BCUT2D eigenvalue weighted by atomic mass is 16.4. The number of aliphatic carboxylic acids is 2. The fourth-order valence-corrected chi connectivity index (χ4v) is 2.75. The van der Waals surface area contributed by atoms with Crippen LogP contribution in [0.3, 0.4) is 0 Å². The molecule has 13 heteroatoms. The van der Waals surface area contributed by atoms with E-state index in [1.807, 2.05) is 13.8 Å². The molecule has 4 unspecified atom stereocenters. The lowest BCUT2D eigenvalue weighted by Gasteiger charge is -2.25. The number of hydrogen-bond donors (Lipinski definition) is 7. The maximum atomic E-state index is 12.9. The van der Waals surface area contributed by atoms with Gasteiger partial charge in [0, 0.05) is 18.3 Å². The van der Waals surface area contributed by atoms with Gasteiger partial charge in [0.15, 0.2) is 0 Å². The monoisotopic (exact) mass is 454 g/mol. The fraction of sp³-hybridized carbons (Fsp3) is 0.579. The molecule has 1 heterocycles. The minimum atomic E-state index is -1.69. The molecule has 0 aromatic carbocycles. The normalized spacial score (nSPS) is 14.7. The van der Waals surface area contributed by atoms with E-state index in [9.17, 15) is 29.1 Å². The standard InChI is InChI=1S/C19H30N6O7/c1-9(2)4-12(23-16(28)10(3)20)17(29)24-13(5-11-7-21-8-22-11)18(30)25-14(19(31)32)6-15(26)27/h7-10,12-14H,4-6,20H2,1-3H3,(H,21,22)(H,23,28)(H,24,29)(H,25,30)(H,26,27)(H,31,32). The van der Waals surface area contributed by atoms with E-state index in [0.29, 0.717) is 5.69 Å². The second-order valence-electron chi connectivity index (χ2n) is 7.82. The maximum Gasteiger partial charge on any atom is 0.326 e. The van der Waals surface area contributed by atoms with E-state index in [2.05, 4.69) is 25.9 Å². The predicted molar refractivity (Wildman–Crippen MR) is 111 cm³/mol. The number of carboxylic acids is 2. The second kappa shape index (κ2) is 12.4. The van der Waals surface area contributed by atoms with Crippen LogP contribution in [0, 0.1) is 5.92 Å². The summed E-state index contributed by atoms with van der Waals surface area (Å²) in [5.74, 6) is -5.05. The lowest BCUT2D eigenvalue weighted by molar-refractivity contribution is -0.147. The van der Waals surface area contributed by atoms with Crippen LogP contribution in [0.2, 0.25) is 0 Å². The Balaban J connectivity index is 3.06. The number of nitrogens with one attached hydrogen (secondary N) is 4. The molecule has 0 bridgehead atoms. The molecule has 1 aromatic rings. The van der Waals surface area contributed by atoms with E-state index in [1.54, 1.807) is 0 Å². The van der Waals surface area contributed by atoms with Crippen LogP contribution in [0.25, 0.3) is 0 Å². The van der Waals surface area contributed by atoms with Gasteiger partial charge in [-0.05, 0) is 19.3 Å². The summed E-state index contributed by atoms with van der Waals surface area (Å²) >= 11 is 0. The summed E-state index contributed by atoms with van der Waals surface area (Å²) in [4.78, 5) is 66.5. The Morgan fingerprint density at radius 1 is 0.969 bits per heavy atom. The number of nitrogens with zero attached hydrogens (tertiary/aromatic N) is 1. The van der Waals surface area contributed by atoms with Crippen LogP contribution in [-0.2, 0) is 30.4 Å². The van der Waals surface area contributed by atoms with Crippen LogP contribution in [0.15, 0.2) is 12.5 Å². The van der Waals surface area contributed by atoms with Crippen molar-refractivity contribution >= 4 is 29.7 Å². The van der Waals surface area contributed by atoms with Gasteiger partial charge in [-0.2, -0.15) is 0 Å². The summed E-state index contributed by atoms with van der Waals surface area (Å²) in [7, 11) is 0. The zero-order valence-electron chi connectivity index (χ0n) is 18.1. The molecule has 0 radical (unpaired) electrons. The van der Waals surface area contributed by atoms with Crippen LogP contribution >= 0.6 is 0 Å². The average molecular weight is 454 g/mol. The Bertz CT molecular complexity index is 809. The number of aromatic nitrogens is 2. The third-order valence-electron chi connectivity index (χ3n) is 4.36. The molecule has 0 fully saturated rings. The van der Waals surface area contributed by atoms with Crippen LogP contribution in [0.5, 0.6) is 0 Å². The van der Waals surface area contributed by atoms with E-state index in [4.69, 9.17) is 10.8 Å². The number of carboxylic acid groups (broad SMARTS) is 2. The van der Waals surface area contributed by atoms with Crippen LogP contribution < -0.4 is 21.7 Å². The van der Waals surface area contributed by atoms with Gasteiger partial charge in [-0.15, -0.1) is 0 Å². The lowest BCUT2D eigenvalue weighted by Crippen LogP contribution is -2.57. The molecular formula is C19H30N6O7. The molecule has 0 aliphatic rings. The van der Waals surface area contributed by atoms with Crippen molar-refractivity contribution in [1.29, 1.82) is 0 Å². The van der Waals surface area contributed by atoms with Crippen LogP contribution in [-0.4, -0.2) is 74.0 Å². The third-order valence-corrected chi connectivity index (χ3v) is 4.36. The van der Waals surface area contributed by atoms with Crippen molar-refractivity contribution < 1.29 is 34.2 Å². The summed E-state index contributed by atoms with van der Waals surface area (Å²) in [6.07, 6.45) is 2.13. The fourth-order valence-electron chi connectivity index (χ4n) is 2.75. The highest BCUT2D eigenvalue weighted by Crippen LogP contribution is 2.08. The number of rotatable bonds is 13. The number of hydrogen-bond acceptors (Lipinski definition) is 7. The van der Waals surface area contributed by atoms with Gasteiger partial charge in [0.05, 0.1) is 18.8 Å². The van der Waals surface area contributed by atoms with E-state index in [1.165, 1.54) is 19.4 Å². The lowest BCUT2D eigenvalue weighted by atomic mass is 10.0. The summed E-state index contributed by atoms with van der Waals surface area (Å²) in [6, 6.07) is -4.79. The molecule has 0 spiro atoms. The van der Waals surface area contributed by atoms with E-state index >= 15 is 0 Å². The Morgan fingerprint density at radius 3 is 2.00 bits per heavy atom. The Kier molecular flexibility index (Phi) is 10.3. The van der Waals surface area contributed by atoms with Crippen LogP contribution in [0.1, 0.15) is 39.3 Å². The first-order valence-electron chi connectivity index (χ1n) is 9.99. The Morgan fingerprint density at radius 2 is 1.53 bits per heavy atom. The quantitative estimate of drug-likeness (QED) is 0.181. The molecule has 178 valence electrons.